The van der Waals surface area contributed by atoms with Crippen LogP contribution in [-0.4, -0.2) is 7.11 Å². The molecular formula is C10H8F2O. The van der Waals surface area contributed by atoms with Gasteiger partial charge in [-0.3, -0.25) is 0 Å². The van der Waals surface area contributed by atoms with Crippen LogP contribution in [0.5, 0.6) is 5.75 Å². The van der Waals surface area contributed by atoms with E-state index < -0.39 is 11.6 Å². The SMILES string of the molecule is CC#Cc1cc(F)c(OC)c(F)c1. The van der Waals surface area contributed by atoms with Gasteiger partial charge in [-0.25, -0.2) is 8.78 Å². The third-order valence-corrected chi connectivity index (χ3v) is 1.47. The van der Waals surface area contributed by atoms with E-state index in [-0.39, 0.29) is 5.75 Å². The van der Waals surface area contributed by atoms with Crippen molar-refractivity contribution in [1.29, 1.82) is 0 Å². The number of hydrogen-bond acceptors (Lipinski definition) is 1. The van der Waals surface area contributed by atoms with Crippen LogP contribution < -0.4 is 4.74 Å². The van der Waals surface area contributed by atoms with Crippen molar-refractivity contribution < 1.29 is 13.5 Å². The van der Waals surface area contributed by atoms with Gasteiger partial charge in [-0.05, 0) is 19.1 Å². The van der Waals surface area contributed by atoms with Crippen LogP contribution in [0.4, 0.5) is 8.78 Å². The van der Waals surface area contributed by atoms with Crippen molar-refractivity contribution in [3.05, 3.63) is 29.3 Å². The number of rotatable bonds is 1. The number of benzene rings is 1. The topological polar surface area (TPSA) is 9.23 Å². The molecule has 0 saturated heterocycles. The Kier molecular flexibility index (Phi) is 2.86. The minimum absolute atomic E-state index is 0.304. The van der Waals surface area contributed by atoms with Gasteiger partial charge >= 0.3 is 0 Å². The maximum atomic E-state index is 13.0. The molecule has 0 aromatic heterocycles. The fourth-order valence-electron chi connectivity index (χ4n) is 0.971. The van der Waals surface area contributed by atoms with Crippen LogP contribution >= 0.6 is 0 Å². The lowest BCUT2D eigenvalue weighted by Gasteiger charge is -2.02. The Bertz CT molecular complexity index is 351. The van der Waals surface area contributed by atoms with Crippen LogP contribution in [0.2, 0.25) is 0 Å². The lowest BCUT2D eigenvalue weighted by Crippen LogP contribution is -1.93. The molecule has 0 atom stereocenters. The number of hydrogen-bond donors (Lipinski definition) is 0. The maximum absolute atomic E-state index is 13.0. The zero-order chi connectivity index (χ0) is 9.84. The molecule has 0 aliphatic heterocycles. The molecule has 0 unspecified atom stereocenters. The molecule has 13 heavy (non-hydrogen) atoms. The lowest BCUT2D eigenvalue weighted by atomic mass is 10.2. The number of ether oxygens (including phenoxy) is 1. The van der Waals surface area contributed by atoms with Crippen molar-refractivity contribution in [2.24, 2.45) is 0 Å². The van der Waals surface area contributed by atoms with Crippen molar-refractivity contribution in [2.45, 2.75) is 6.92 Å². The first-order chi connectivity index (χ1) is 6.19. The average molecular weight is 182 g/mol. The van der Waals surface area contributed by atoms with Crippen molar-refractivity contribution in [3.8, 4) is 17.6 Å². The third-order valence-electron chi connectivity index (χ3n) is 1.47. The summed E-state index contributed by atoms with van der Waals surface area (Å²) in [5, 5.41) is 0. The van der Waals surface area contributed by atoms with Crippen molar-refractivity contribution in [2.75, 3.05) is 7.11 Å². The van der Waals surface area contributed by atoms with Crippen LogP contribution in [0.25, 0.3) is 0 Å². The summed E-state index contributed by atoms with van der Waals surface area (Å²) in [4.78, 5) is 0. The van der Waals surface area contributed by atoms with Gasteiger partial charge in [0.25, 0.3) is 0 Å². The van der Waals surface area contributed by atoms with Gasteiger partial charge in [0.2, 0.25) is 0 Å². The summed E-state index contributed by atoms with van der Waals surface area (Å²) >= 11 is 0. The Morgan fingerprint density at radius 3 is 2.15 bits per heavy atom. The molecule has 68 valence electrons. The Hall–Kier alpha value is -1.56. The molecule has 1 aromatic rings. The van der Waals surface area contributed by atoms with Gasteiger partial charge in [0, 0.05) is 5.56 Å². The first-order valence-corrected chi connectivity index (χ1v) is 3.65. The minimum atomic E-state index is -0.736. The molecular weight excluding hydrogens is 174 g/mol. The zero-order valence-electron chi connectivity index (χ0n) is 7.32. The molecule has 3 heteroatoms. The van der Waals surface area contributed by atoms with Crippen LogP contribution in [0.3, 0.4) is 0 Å². The summed E-state index contributed by atoms with van der Waals surface area (Å²) < 4.78 is 30.5. The molecule has 1 aromatic carbocycles. The van der Waals surface area contributed by atoms with E-state index in [0.29, 0.717) is 5.56 Å². The second-order valence-corrected chi connectivity index (χ2v) is 2.35. The van der Waals surface area contributed by atoms with Gasteiger partial charge < -0.3 is 4.74 Å². The molecule has 0 spiro atoms. The fraction of sp³-hybridized carbons (Fsp3) is 0.200. The van der Waals surface area contributed by atoms with E-state index in [1.807, 2.05) is 0 Å². The van der Waals surface area contributed by atoms with Gasteiger partial charge in [-0.15, -0.1) is 5.92 Å². The summed E-state index contributed by atoms with van der Waals surface area (Å²) in [6.07, 6.45) is 0. The highest BCUT2D eigenvalue weighted by molar-refractivity contribution is 5.40. The maximum Gasteiger partial charge on any atom is 0.190 e. The molecule has 0 amide bonds. The van der Waals surface area contributed by atoms with Crippen LogP contribution in [0, 0.1) is 23.5 Å². The predicted octanol–water partition coefficient (Wildman–Crippen LogP) is 2.34. The van der Waals surface area contributed by atoms with E-state index in [9.17, 15) is 8.78 Å². The van der Waals surface area contributed by atoms with Gasteiger partial charge in [-0.2, -0.15) is 0 Å². The van der Waals surface area contributed by atoms with E-state index in [1.54, 1.807) is 6.92 Å². The van der Waals surface area contributed by atoms with E-state index in [1.165, 1.54) is 7.11 Å². The number of methoxy groups -OCH3 is 1. The van der Waals surface area contributed by atoms with Crippen molar-refractivity contribution in [1.82, 2.24) is 0 Å². The summed E-state index contributed by atoms with van der Waals surface area (Å²) in [7, 11) is 1.21. The van der Waals surface area contributed by atoms with Gasteiger partial charge in [-0.1, -0.05) is 5.92 Å². The van der Waals surface area contributed by atoms with Crippen LogP contribution in [0.1, 0.15) is 12.5 Å². The molecule has 0 aliphatic rings. The minimum Gasteiger partial charge on any atom is -0.491 e. The Morgan fingerprint density at radius 1 is 1.23 bits per heavy atom. The molecule has 0 radical (unpaired) electrons. The third kappa shape index (κ3) is 1.97. The Balaban J connectivity index is 3.25. The molecule has 0 fully saturated rings. The normalized spacial score (nSPS) is 8.92. The molecule has 0 N–H and O–H groups in total. The first-order valence-electron chi connectivity index (χ1n) is 3.65. The molecule has 0 heterocycles. The molecule has 1 rings (SSSR count). The largest absolute Gasteiger partial charge is 0.491 e. The summed E-state index contributed by atoms with van der Waals surface area (Å²) in [6, 6.07) is 2.27. The summed E-state index contributed by atoms with van der Waals surface area (Å²) in [5.74, 6) is 3.26. The van der Waals surface area contributed by atoms with E-state index in [2.05, 4.69) is 16.6 Å². The van der Waals surface area contributed by atoms with Crippen molar-refractivity contribution in [3.63, 3.8) is 0 Å². The smallest absolute Gasteiger partial charge is 0.190 e. The monoisotopic (exact) mass is 182 g/mol. The predicted molar refractivity (Wildman–Crippen MR) is 45.5 cm³/mol. The zero-order valence-corrected chi connectivity index (χ0v) is 7.32. The second kappa shape index (κ2) is 3.90. The highest BCUT2D eigenvalue weighted by atomic mass is 19.1. The van der Waals surface area contributed by atoms with Gasteiger partial charge in [0.1, 0.15) is 0 Å². The summed E-state index contributed by atoms with van der Waals surface area (Å²) in [5.41, 5.74) is 0.304. The lowest BCUT2D eigenvalue weighted by molar-refractivity contribution is 0.359. The molecule has 0 aliphatic carbocycles. The standard InChI is InChI=1S/C10H8F2O/c1-3-4-7-5-8(11)10(13-2)9(12)6-7/h5-6H,1-2H3. The Morgan fingerprint density at radius 2 is 1.77 bits per heavy atom. The van der Waals surface area contributed by atoms with Gasteiger partial charge in [0.15, 0.2) is 17.4 Å². The van der Waals surface area contributed by atoms with E-state index in [0.717, 1.165) is 12.1 Å². The average Bonchev–Trinajstić information content (AvgIpc) is 2.04. The quantitative estimate of drug-likeness (QED) is 0.606. The highest BCUT2D eigenvalue weighted by Crippen LogP contribution is 2.22. The van der Waals surface area contributed by atoms with E-state index >= 15 is 0 Å². The molecule has 0 saturated carbocycles. The Labute approximate surface area is 75.3 Å². The molecule has 0 bridgehead atoms. The molecule has 1 nitrogen and oxygen atoms in total. The van der Waals surface area contributed by atoms with Crippen LogP contribution in [0.15, 0.2) is 12.1 Å². The van der Waals surface area contributed by atoms with E-state index in [4.69, 9.17) is 0 Å². The highest BCUT2D eigenvalue weighted by Gasteiger charge is 2.09. The van der Waals surface area contributed by atoms with Crippen molar-refractivity contribution >= 4 is 0 Å². The number of halogens is 2. The van der Waals surface area contributed by atoms with Crippen LogP contribution in [-0.2, 0) is 0 Å². The fourth-order valence-corrected chi connectivity index (χ4v) is 0.971. The first kappa shape index (κ1) is 9.53. The van der Waals surface area contributed by atoms with Gasteiger partial charge in [0.05, 0.1) is 7.11 Å². The second-order valence-electron chi connectivity index (χ2n) is 2.35. The summed E-state index contributed by atoms with van der Waals surface area (Å²) in [6.45, 7) is 1.60.